The minimum atomic E-state index is -0.0859. The van der Waals surface area contributed by atoms with E-state index >= 15 is 0 Å². The number of rotatable bonds is 6. The molecule has 1 aromatic carbocycles. The van der Waals surface area contributed by atoms with E-state index in [0.29, 0.717) is 61.0 Å². The second-order valence-electron chi connectivity index (χ2n) is 8.95. The maximum absolute atomic E-state index is 13.1. The molecule has 0 unspecified atom stereocenters. The van der Waals surface area contributed by atoms with E-state index in [0.717, 1.165) is 17.1 Å². The summed E-state index contributed by atoms with van der Waals surface area (Å²) in [5.41, 5.74) is 3.19. The molecule has 0 spiro atoms. The third-order valence-electron chi connectivity index (χ3n) is 6.54. The van der Waals surface area contributed by atoms with E-state index in [4.69, 9.17) is 14.0 Å². The number of piperidine rings is 1. The number of likely N-dealkylation sites (tertiary alicyclic amines) is 1. The summed E-state index contributed by atoms with van der Waals surface area (Å²) in [5.74, 6) is 2.72. The van der Waals surface area contributed by atoms with E-state index in [-0.39, 0.29) is 24.4 Å². The maximum Gasteiger partial charge on any atom is 0.231 e. The summed E-state index contributed by atoms with van der Waals surface area (Å²) < 4.78 is 17.8. The quantitative estimate of drug-likeness (QED) is 0.556. The molecule has 2 aliphatic heterocycles. The van der Waals surface area contributed by atoms with E-state index < -0.39 is 0 Å². The molecule has 178 valence electrons. The largest absolute Gasteiger partial charge is 0.454 e. The van der Waals surface area contributed by atoms with Crippen molar-refractivity contribution in [2.24, 2.45) is 5.92 Å². The Labute approximate surface area is 197 Å². The Morgan fingerprint density at radius 1 is 1.06 bits per heavy atom. The molecule has 0 radical (unpaired) electrons. The van der Waals surface area contributed by atoms with Crippen molar-refractivity contribution in [1.29, 1.82) is 0 Å². The number of carbonyl (C=O) groups is 2. The molecule has 0 aliphatic carbocycles. The van der Waals surface area contributed by atoms with Crippen molar-refractivity contribution in [3.8, 4) is 17.3 Å². The number of nitrogens with one attached hydrogen (secondary N) is 1. The van der Waals surface area contributed by atoms with Crippen LogP contribution in [0.15, 0.2) is 34.9 Å². The maximum atomic E-state index is 13.1. The number of anilines is 1. The highest BCUT2D eigenvalue weighted by molar-refractivity contribution is 5.99. The average molecular weight is 465 g/mol. The molecule has 1 N–H and O–H groups in total. The summed E-state index contributed by atoms with van der Waals surface area (Å²) in [5, 5.41) is 7.06. The highest BCUT2D eigenvalue weighted by Gasteiger charge is 2.28. The predicted molar refractivity (Wildman–Crippen MR) is 125 cm³/mol. The second-order valence-corrected chi connectivity index (χ2v) is 8.95. The van der Waals surface area contributed by atoms with Crippen LogP contribution in [0.3, 0.4) is 0 Å². The Hall–Kier alpha value is -3.59. The van der Waals surface area contributed by atoms with Gasteiger partial charge in [-0.2, -0.15) is 0 Å². The molecular formula is C25H28N4O5. The first-order chi connectivity index (χ1) is 16.4. The lowest BCUT2D eigenvalue weighted by Crippen LogP contribution is -2.40. The van der Waals surface area contributed by atoms with Gasteiger partial charge in [-0.25, -0.2) is 0 Å². The zero-order valence-corrected chi connectivity index (χ0v) is 19.6. The van der Waals surface area contributed by atoms with Gasteiger partial charge in [-0.05, 0) is 64.9 Å². The lowest BCUT2D eigenvalue weighted by molar-refractivity contribution is -0.121. The highest BCUT2D eigenvalue weighted by Crippen LogP contribution is 2.34. The first-order valence-electron chi connectivity index (χ1n) is 11.5. The molecule has 0 bridgehead atoms. The van der Waals surface area contributed by atoms with Crippen LogP contribution in [-0.2, 0) is 4.79 Å². The molecule has 2 aliphatic rings. The van der Waals surface area contributed by atoms with Gasteiger partial charge in [-0.3, -0.25) is 19.1 Å². The Bertz CT molecular complexity index is 1240. The molecule has 5 rings (SSSR count). The van der Waals surface area contributed by atoms with Gasteiger partial charge in [-0.1, -0.05) is 5.16 Å². The average Bonchev–Trinajstić information content (AvgIpc) is 3.52. The molecule has 0 atom stereocenters. The van der Waals surface area contributed by atoms with Crippen LogP contribution >= 0.6 is 0 Å². The van der Waals surface area contributed by atoms with Crippen molar-refractivity contribution < 1.29 is 23.6 Å². The molecule has 0 saturated carbocycles. The number of hydrogen-bond acceptors (Lipinski definition) is 7. The number of hydrogen-bond donors (Lipinski definition) is 1. The number of ketones is 1. The van der Waals surface area contributed by atoms with Crippen molar-refractivity contribution in [3.63, 3.8) is 0 Å². The topological polar surface area (TPSA) is 98.8 Å². The van der Waals surface area contributed by atoms with E-state index in [2.05, 4.69) is 15.4 Å². The number of carbonyl (C=O) groups excluding carboxylic acids is 2. The van der Waals surface area contributed by atoms with Gasteiger partial charge in [0.1, 0.15) is 5.76 Å². The van der Waals surface area contributed by atoms with Gasteiger partial charge in [0.15, 0.2) is 23.1 Å². The third kappa shape index (κ3) is 4.31. The molecule has 9 heteroatoms. The van der Waals surface area contributed by atoms with E-state index in [1.54, 1.807) is 12.1 Å². The number of amides is 1. The standard InChI is InChI=1S/C25H28N4O5/c1-15-10-20(17(3)29(15)24-11-16(2)34-27-24)21(30)13-28-8-6-18(7-9-28)25(31)26-19-4-5-22-23(12-19)33-14-32-22/h4-5,10-12,18H,6-9,13-14H2,1-3H3,(H,26,31). The Morgan fingerprint density at radius 3 is 2.56 bits per heavy atom. The van der Waals surface area contributed by atoms with Crippen LogP contribution in [0.25, 0.3) is 5.82 Å². The van der Waals surface area contributed by atoms with E-state index in [1.807, 2.05) is 43.5 Å². The zero-order chi connectivity index (χ0) is 23.8. The molecule has 9 nitrogen and oxygen atoms in total. The van der Waals surface area contributed by atoms with Crippen molar-refractivity contribution >= 4 is 17.4 Å². The van der Waals surface area contributed by atoms with Gasteiger partial charge in [0, 0.05) is 40.7 Å². The van der Waals surface area contributed by atoms with Crippen molar-refractivity contribution in [3.05, 3.63) is 53.0 Å². The second kappa shape index (κ2) is 8.98. The molecular weight excluding hydrogens is 436 g/mol. The van der Waals surface area contributed by atoms with Gasteiger partial charge in [0.25, 0.3) is 0 Å². The summed E-state index contributed by atoms with van der Waals surface area (Å²) in [7, 11) is 0. The number of Topliss-reactive ketones (excluding diaryl/α,β-unsaturated/α-hetero) is 1. The summed E-state index contributed by atoms with van der Waals surface area (Å²) in [6.07, 6.45) is 1.42. The van der Waals surface area contributed by atoms with E-state index in [9.17, 15) is 9.59 Å². The van der Waals surface area contributed by atoms with Crippen LogP contribution in [0.5, 0.6) is 11.5 Å². The fourth-order valence-electron chi connectivity index (χ4n) is 4.72. The van der Waals surface area contributed by atoms with Crippen molar-refractivity contribution in [2.75, 3.05) is 31.7 Å². The fourth-order valence-corrected chi connectivity index (χ4v) is 4.72. The van der Waals surface area contributed by atoms with Crippen molar-refractivity contribution in [1.82, 2.24) is 14.6 Å². The summed E-state index contributed by atoms with van der Waals surface area (Å²) >= 11 is 0. The molecule has 2 aromatic heterocycles. The lowest BCUT2D eigenvalue weighted by atomic mass is 9.95. The van der Waals surface area contributed by atoms with Crippen LogP contribution in [0.1, 0.15) is 40.3 Å². The number of ether oxygens (including phenoxy) is 2. The lowest BCUT2D eigenvalue weighted by Gasteiger charge is -2.30. The minimum absolute atomic E-state index is 0.00343. The molecule has 1 amide bonds. The van der Waals surface area contributed by atoms with Gasteiger partial charge in [0.05, 0.1) is 6.54 Å². The fraction of sp³-hybridized carbons (Fsp3) is 0.400. The van der Waals surface area contributed by atoms with E-state index in [1.165, 1.54) is 0 Å². The van der Waals surface area contributed by atoms with Crippen LogP contribution < -0.4 is 14.8 Å². The number of benzene rings is 1. The Balaban J connectivity index is 1.16. The number of aromatic nitrogens is 2. The summed E-state index contributed by atoms with van der Waals surface area (Å²) in [4.78, 5) is 28.0. The molecule has 4 heterocycles. The van der Waals surface area contributed by atoms with Gasteiger partial charge < -0.3 is 19.3 Å². The SMILES string of the molecule is Cc1cc(-n2c(C)cc(C(=O)CN3CCC(C(=O)Nc4ccc5c(c4)OCO5)CC3)c2C)no1. The predicted octanol–water partition coefficient (Wildman–Crippen LogP) is 3.65. The number of aryl methyl sites for hydroxylation is 2. The number of nitrogens with zero attached hydrogens (tertiary/aromatic N) is 3. The first-order valence-corrected chi connectivity index (χ1v) is 11.5. The summed E-state index contributed by atoms with van der Waals surface area (Å²) in [6, 6.07) is 9.16. The van der Waals surface area contributed by atoms with Gasteiger partial charge >= 0.3 is 0 Å². The minimum Gasteiger partial charge on any atom is -0.454 e. The molecule has 1 fully saturated rings. The first kappa shape index (κ1) is 22.2. The Morgan fingerprint density at radius 2 is 1.82 bits per heavy atom. The van der Waals surface area contributed by atoms with Gasteiger partial charge in [-0.15, -0.1) is 0 Å². The normalized spacial score (nSPS) is 16.1. The van der Waals surface area contributed by atoms with Gasteiger partial charge in [0.2, 0.25) is 12.7 Å². The third-order valence-corrected chi connectivity index (χ3v) is 6.54. The molecule has 1 saturated heterocycles. The zero-order valence-electron chi connectivity index (χ0n) is 19.6. The van der Waals surface area contributed by atoms with Crippen LogP contribution in [0.4, 0.5) is 5.69 Å². The molecule has 34 heavy (non-hydrogen) atoms. The monoisotopic (exact) mass is 464 g/mol. The highest BCUT2D eigenvalue weighted by atomic mass is 16.7. The van der Waals surface area contributed by atoms with Crippen LogP contribution in [-0.4, -0.2) is 52.7 Å². The van der Waals surface area contributed by atoms with Crippen molar-refractivity contribution in [2.45, 2.75) is 33.6 Å². The Kier molecular flexibility index (Phi) is 5.87. The summed E-state index contributed by atoms with van der Waals surface area (Å²) in [6.45, 7) is 7.66. The molecule has 3 aromatic rings. The number of fused-ring (bicyclic) bond motifs is 1. The van der Waals surface area contributed by atoms with Crippen LogP contribution in [0.2, 0.25) is 0 Å². The van der Waals surface area contributed by atoms with Crippen LogP contribution in [0, 0.1) is 26.7 Å². The smallest absolute Gasteiger partial charge is 0.231 e.